The van der Waals surface area contributed by atoms with Crippen molar-refractivity contribution in [3.8, 4) is 0 Å². The van der Waals surface area contributed by atoms with Crippen LogP contribution in [0.1, 0.15) is 36.9 Å². The fraction of sp³-hybridized carbons (Fsp3) is 0.600. The van der Waals surface area contributed by atoms with Crippen LogP contribution in [0.2, 0.25) is 0 Å². The minimum Gasteiger partial charge on any atom is -0.310 e. The fourth-order valence-electron chi connectivity index (χ4n) is 2.37. The summed E-state index contributed by atoms with van der Waals surface area (Å²) in [5.74, 6) is 3.15. The minimum atomic E-state index is -4.25. The molecule has 0 radical (unpaired) electrons. The van der Waals surface area contributed by atoms with Crippen molar-refractivity contribution in [2.45, 2.75) is 32.0 Å². The Bertz CT molecular complexity index is 410. The molecule has 0 aliphatic carbocycles. The summed E-state index contributed by atoms with van der Waals surface area (Å²) >= 11 is 2.00. The molecule has 2 rings (SSSR count). The van der Waals surface area contributed by atoms with E-state index < -0.39 is 11.7 Å². The average molecular weight is 303 g/mol. The summed E-state index contributed by atoms with van der Waals surface area (Å²) in [7, 11) is 0. The number of hydrogen-bond donors (Lipinski definition) is 1. The molecule has 1 aliphatic rings. The Morgan fingerprint density at radius 3 is 2.35 bits per heavy atom. The van der Waals surface area contributed by atoms with E-state index in [-0.39, 0.29) is 6.04 Å². The number of rotatable bonds is 4. The van der Waals surface area contributed by atoms with E-state index in [0.717, 1.165) is 24.2 Å². The number of thioether (sulfide) groups is 1. The lowest BCUT2D eigenvalue weighted by Crippen LogP contribution is -2.28. The van der Waals surface area contributed by atoms with E-state index in [4.69, 9.17) is 0 Å². The third-order valence-corrected chi connectivity index (χ3v) is 4.84. The van der Waals surface area contributed by atoms with Crippen molar-refractivity contribution in [2.24, 2.45) is 5.92 Å². The first-order valence-electron chi connectivity index (χ1n) is 6.95. The van der Waals surface area contributed by atoms with Crippen molar-refractivity contribution in [3.63, 3.8) is 0 Å². The smallest absolute Gasteiger partial charge is 0.310 e. The summed E-state index contributed by atoms with van der Waals surface area (Å²) in [6.07, 6.45) is -1.79. The highest BCUT2D eigenvalue weighted by Crippen LogP contribution is 2.30. The van der Waals surface area contributed by atoms with Gasteiger partial charge in [-0.25, -0.2) is 0 Å². The predicted octanol–water partition coefficient (Wildman–Crippen LogP) is 4.50. The Kier molecular flexibility index (Phi) is 5.38. The molecule has 1 fully saturated rings. The molecule has 0 spiro atoms. The summed E-state index contributed by atoms with van der Waals surface area (Å²) in [4.78, 5) is 0. The molecule has 1 aromatic carbocycles. The molecule has 1 aliphatic heterocycles. The number of hydrogen-bond acceptors (Lipinski definition) is 2. The van der Waals surface area contributed by atoms with Gasteiger partial charge in [0.1, 0.15) is 0 Å². The van der Waals surface area contributed by atoms with Crippen LogP contribution < -0.4 is 5.32 Å². The zero-order valence-electron chi connectivity index (χ0n) is 11.5. The number of alkyl halides is 3. The Morgan fingerprint density at radius 2 is 1.80 bits per heavy atom. The van der Waals surface area contributed by atoms with Gasteiger partial charge in [-0.3, -0.25) is 0 Å². The second-order valence-corrected chi connectivity index (χ2v) is 6.53. The van der Waals surface area contributed by atoms with Crippen LogP contribution in [0.15, 0.2) is 24.3 Å². The van der Waals surface area contributed by atoms with Crippen molar-refractivity contribution < 1.29 is 13.2 Å². The second kappa shape index (κ2) is 6.85. The van der Waals surface area contributed by atoms with Crippen molar-refractivity contribution in [2.75, 3.05) is 18.1 Å². The maximum atomic E-state index is 12.5. The lowest BCUT2D eigenvalue weighted by Gasteiger charge is -2.24. The molecule has 112 valence electrons. The lowest BCUT2D eigenvalue weighted by atomic mass is 10.0. The van der Waals surface area contributed by atoms with Gasteiger partial charge in [0.05, 0.1) is 5.56 Å². The molecule has 5 heteroatoms. The van der Waals surface area contributed by atoms with Gasteiger partial charge in [0, 0.05) is 6.04 Å². The Labute approximate surface area is 122 Å². The molecular weight excluding hydrogens is 283 g/mol. The van der Waals surface area contributed by atoms with Crippen LogP contribution in [0, 0.1) is 5.92 Å². The van der Waals surface area contributed by atoms with Crippen LogP contribution in [0.25, 0.3) is 0 Å². The van der Waals surface area contributed by atoms with Gasteiger partial charge in [0.15, 0.2) is 0 Å². The Balaban J connectivity index is 1.87. The van der Waals surface area contributed by atoms with E-state index in [1.807, 2.05) is 18.7 Å². The normalized spacial score (nSPS) is 19.0. The van der Waals surface area contributed by atoms with Crippen molar-refractivity contribution in [1.82, 2.24) is 5.32 Å². The van der Waals surface area contributed by atoms with Gasteiger partial charge in [-0.2, -0.15) is 24.9 Å². The van der Waals surface area contributed by atoms with Crippen LogP contribution in [0.5, 0.6) is 0 Å². The summed E-state index contributed by atoms with van der Waals surface area (Å²) in [5.41, 5.74) is 0.320. The highest BCUT2D eigenvalue weighted by molar-refractivity contribution is 7.99. The SMILES string of the molecule is CC(NCC1CCSCC1)c1ccc(C(F)(F)F)cc1. The lowest BCUT2D eigenvalue weighted by molar-refractivity contribution is -0.137. The highest BCUT2D eigenvalue weighted by Gasteiger charge is 2.30. The molecule has 1 unspecified atom stereocenters. The standard InChI is InChI=1S/C15H20F3NS/c1-11(19-10-12-6-8-20-9-7-12)13-2-4-14(5-3-13)15(16,17)18/h2-5,11-12,19H,6-10H2,1H3. The van der Waals surface area contributed by atoms with E-state index >= 15 is 0 Å². The molecule has 1 atom stereocenters. The van der Waals surface area contributed by atoms with Crippen molar-refractivity contribution in [3.05, 3.63) is 35.4 Å². The van der Waals surface area contributed by atoms with E-state index in [1.165, 1.54) is 24.3 Å². The van der Waals surface area contributed by atoms with Crippen molar-refractivity contribution in [1.29, 1.82) is 0 Å². The molecule has 20 heavy (non-hydrogen) atoms. The third-order valence-electron chi connectivity index (χ3n) is 3.79. The van der Waals surface area contributed by atoms with Crippen LogP contribution in [-0.4, -0.2) is 18.1 Å². The van der Waals surface area contributed by atoms with Crippen LogP contribution in [0.4, 0.5) is 13.2 Å². The fourth-order valence-corrected chi connectivity index (χ4v) is 3.58. The van der Waals surface area contributed by atoms with Crippen LogP contribution in [-0.2, 0) is 6.18 Å². The van der Waals surface area contributed by atoms with Crippen molar-refractivity contribution >= 4 is 11.8 Å². The molecule has 1 nitrogen and oxygen atoms in total. The summed E-state index contributed by atoms with van der Waals surface area (Å²) in [6, 6.07) is 5.54. The van der Waals surface area contributed by atoms with Gasteiger partial charge < -0.3 is 5.32 Å². The molecule has 0 saturated carbocycles. The molecule has 1 heterocycles. The van der Waals surface area contributed by atoms with E-state index in [2.05, 4.69) is 5.32 Å². The molecule has 1 N–H and O–H groups in total. The van der Waals surface area contributed by atoms with E-state index in [9.17, 15) is 13.2 Å². The summed E-state index contributed by atoms with van der Waals surface area (Å²) < 4.78 is 37.5. The highest BCUT2D eigenvalue weighted by atomic mass is 32.2. The molecular formula is C15H20F3NS. The quantitative estimate of drug-likeness (QED) is 0.879. The van der Waals surface area contributed by atoms with Gasteiger partial charge in [-0.1, -0.05) is 12.1 Å². The van der Waals surface area contributed by atoms with Gasteiger partial charge in [-0.05, 0) is 61.4 Å². The Hall–Kier alpha value is -0.680. The first-order chi connectivity index (χ1) is 9.47. The minimum absolute atomic E-state index is 0.0897. The molecule has 0 bridgehead atoms. The van der Waals surface area contributed by atoms with Gasteiger partial charge >= 0.3 is 6.18 Å². The molecule has 0 amide bonds. The van der Waals surface area contributed by atoms with Gasteiger partial charge in [0.25, 0.3) is 0 Å². The first-order valence-corrected chi connectivity index (χ1v) is 8.10. The van der Waals surface area contributed by atoms with E-state index in [1.54, 1.807) is 12.1 Å². The Morgan fingerprint density at radius 1 is 1.20 bits per heavy atom. The van der Waals surface area contributed by atoms with Crippen LogP contribution >= 0.6 is 11.8 Å². The third kappa shape index (κ3) is 4.42. The van der Waals surface area contributed by atoms with E-state index in [0.29, 0.717) is 5.92 Å². The van der Waals surface area contributed by atoms with Gasteiger partial charge in [0.2, 0.25) is 0 Å². The predicted molar refractivity (Wildman–Crippen MR) is 77.9 cm³/mol. The zero-order chi connectivity index (χ0) is 14.6. The topological polar surface area (TPSA) is 12.0 Å². The number of nitrogens with one attached hydrogen (secondary N) is 1. The first kappa shape index (κ1) is 15.7. The largest absolute Gasteiger partial charge is 0.416 e. The monoisotopic (exact) mass is 303 g/mol. The second-order valence-electron chi connectivity index (χ2n) is 5.31. The molecule has 1 saturated heterocycles. The van der Waals surface area contributed by atoms with Gasteiger partial charge in [-0.15, -0.1) is 0 Å². The summed E-state index contributed by atoms with van der Waals surface area (Å²) in [5, 5.41) is 3.44. The molecule has 0 aromatic heterocycles. The number of benzene rings is 1. The number of halogens is 3. The maximum absolute atomic E-state index is 12.5. The average Bonchev–Trinajstić information content (AvgIpc) is 2.45. The maximum Gasteiger partial charge on any atom is 0.416 e. The molecule has 1 aromatic rings. The summed E-state index contributed by atoms with van der Waals surface area (Å²) in [6.45, 7) is 2.95. The zero-order valence-corrected chi connectivity index (χ0v) is 12.4. The van der Waals surface area contributed by atoms with Crippen LogP contribution in [0.3, 0.4) is 0 Å².